The van der Waals surface area contributed by atoms with E-state index in [0.29, 0.717) is 6.04 Å². The lowest BCUT2D eigenvalue weighted by Gasteiger charge is -2.30. The highest BCUT2D eigenvalue weighted by atomic mass is 32.1. The third kappa shape index (κ3) is 2.73. The van der Waals surface area contributed by atoms with Gasteiger partial charge in [-0.05, 0) is 55.4 Å². The molecule has 2 nitrogen and oxygen atoms in total. The van der Waals surface area contributed by atoms with E-state index in [0.717, 1.165) is 29.2 Å². The molecule has 2 bridgehead atoms. The average Bonchev–Trinajstić information content (AvgIpc) is 3.08. The van der Waals surface area contributed by atoms with E-state index in [2.05, 4.69) is 28.9 Å². The Labute approximate surface area is 126 Å². The molecule has 2 aliphatic carbocycles. The summed E-state index contributed by atoms with van der Waals surface area (Å²) in [7, 11) is 0. The molecule has 3 heteroatoms. The van der Waals surface area contributed by atoms with Crippen LogP contribution in [0.2, 0.25) is 0 Å². The van der Waals surface area contributed by atoms with Crippen molar-refractivity contribution in [3.05, 3.63) is 43.0 Å². The molecule has 106 valence electrons. The largest absolute Gasteiger partial charge is 0.359 e. The quantitative estimate of drug-likeness (QED) is 0.670. The Hall–Kier alpha value is -1.35. The van der Waals surface area contributed by atoms with Gasteiger partial charge in [-0.25, -0.2) is 0 Å². The Morgan fingerprint density at radius 1 is 1.30 bits per heavy atom. The fourth-order valence-electron chi connectivity index (χ4n) is 3.70. The van der Waals surface area contributed by atoms with Crippen LogP contribution in [0, 0.1) is 11.8 Å². The summed E-state index contributed by atoms with van der Waals surface area (Å²) < 4.78 is 0. The van der Waals surface area contributed by atoms with Gasteiger partial charge < -0.3 is 10.2 Å². The molecule has 2 aliphatic rings. The minimum absolute atomic E-state index is 0.581. The van der Waals surface area contributed by atoms with E-state index >= 15 is 0 Å². The van der Waals surface area contributed by atoms with E-state index in [-0.39, 0.29) is 0 Å². The van der Waals surface area contributed by atoms with Gasteiger partial charge >= 0.3 is 0 Å². The van der Waals surface area contributed by atoms with Gasteiger partial charge in [0.2, 0.25) is 0 Å². The van der Waals surface area contributed by atoms with Crippen LogP contribution in [0.15, 0.2) is 43.0 Å². The standard InChI is InChI=1S/C17H22N2S/c1-2-10-19(15-6-4-3-5-7-15)17(20)18-16-12-13-8-9-14(16)11-13/h2-7,13-14,16H,1,8-12H2,(H,18,20)/t13-,14-,16+/m1/s1. The van der Waals surface area contributed by atoms with Crippen LogP contribution in [0.4, 0.5) is 5.69 Å². The van der Waals surface area contributed by atoms with Crippen molar-refractivity contribution in [1.82, 2.24) is 5.32 Å². The first-order chi connectivity index (χ1) is 9.78. The van der Waals surface area contributed by atoms with Crippen LogP contribution in [0.25, 0.3) is 0 Å². The SMILES string of the molecule is C=CCN(C(=S)N[C@H]1C[C@@H]2CC[C@@H]1C2)c1ccccc1. The monoisotopic (exact) mass is 286 g/mol. The molecule has 0 aromatic heterocycles. The fourth-order valence-corrected chi connectivity index (χ4v) is 4.03. The Kier molecular flexibility index (Phi) is 4.06. The maximum Gasteiger partial charge on any atom is 0.173 e. The molecular weight excluding hydrogens is 264 g/mol. The minimum atomic E-state index is 0.581. The molecule has 1 N–H and O–H groups in total. The van der Waals surface area contributed by atoms with Crippen LogP contribution in [0.3, 0.4) is 0 Å². The number of fused-ring (bicyclic) bond motifs is 2. The zero-order chi connectivity index (χ0) is 13.9. The second-order valence-electron chi connectivity index (χ2n) is 5.97. The van der Waals surface area contributed by atoms with Gasteiger partial charge in [-0.15, -0.1) is 6.58 Å². The Morgan fingerprint density at radius 2 is 2.10 bits per heavy atom. The lowest BCUT2D eigenvalue weighted by atomic mass is 9.95. The number of nitrogens with zero attached hydrogens (tertiary/aromatic N) is 1. The number of hydrogen-bond donors (Lipinski definition) is 1. The molecule has 1 aromatic rings. The van der Waals surface area contributed by atoms with Crippen LogP contribution in [-0.2, 0) is 0 Å². The zero-order valence-corrected chi connectivity index (χ0v) is 12.6. The molecule has 0 spiro atoms. The zero-order valence-electron chi connectivity index (χ0n) is 11.8. The van der Waals surface area contributed by atoms with E-state index in [4.69, 9.17) is 12.2 Å². The summed E-state index contributed by atoms with van der Waals surface area (Å²) in [5, 5.41) is 4.44. The average molecular weight is 286 g/mol. The molecule has 0 saturated heterocycles. The third-order valence-electron chi connectivity index (χ3n) is 4.67. The van der Waals surface area contributed by atoms with Crippen LogP contribution in [0.5, 0.6) is 0 Å². The lowest BCUT2D eigenvalue weighted by Crippen LogP contribution is -2.46. The van der Waals surface area contributed by atoms with Gasteiger partial charge in [0.05, 0.1) is 0 Å². The molecule has 2 saturated carbocycles. The third-order valence-corrected chi connectivity index (χ3v) is 5.01. The number of para-hydroxylation sites is 1. The van der Waals surface area contributed by atoms with Crippen LogP contribution >= 0.6 is 12.2 Å². The van der Waals surface area contributed by atoms with Gasteiger partial charge in [-0.2, -0.15) is 0 Å². The molecule has 0 aliphatic heterocycles. The first kappa shape index (κ1) is 13.6. The van der Waals surface area contributed by atoms with Gasteiger partial charge in [0.1, 0.15) is 0 Å². The maximum atomic E-state index is 5.64. The molecular formula is C17H22N2S. The summed E-state index contributed by atoms with van der Waals surface area (Å²) in [6.45, 7) is 4.60. The van der Waals surface area contributed by atoms with Gasteiger partial charge in [0.25, 0.3) is 0 Å². The number of thiocarbonyl (C=S) groups is 1. The molecule has 0 heterocycles. The van der Waals surface area contributed by atoms with Gasteiger partial charge in [0.15, 0.2) is 5.11 Å². The number of nitrogens with one attached hydrogen (secondary N) is 1. The molecule has 20 heavy (non-hydrogen) atoms. The highest BCUT2D eigenvalue weighted by molar-refractivity contribution is 7.80. The second-order valence-corrected chi connectivity index (χ2v) is 6.35. The van der Waals surface area contributed by atoms with Crippen molar-refractivity contribution in [1.29, 1.82) is 0 Å². The van der Waals surface area contributed by atoms with E-state index in [1.807, 2.05) is 24.3 Å². The number of anilines is 1. The minimum Gasteiger partial charge on any atom is -0.359 e. The normalized spacial score (nSPS) is 27.3. The van der Waals surface area contributed by atoms with Crippen molar-refractivity contribution >= 4 is 23.0 Å². The molecule has 1 aromatic carbocycles. The summed E-state index contributed by atoms with van der Waals surface area (Å²) >= 11 is 5.64. The van der Waals surface area contributed by atoms with E-state index in [9.17, 15) is 0 Å². The Balaban J connectivity index is 1.68. The maximum absolute atomic E-state index is 5.64. The number of hydrogen-bond acceptors (Lipinski definition) is 1. The van der Waals surface area contributed by atoms with Gasteiger partial charge in [0, 0.05) is 18.3 Å². The van der Waals surface area contributed by atoms with Gasteiger partial charge in [-0.3, -0.25) is 0 Å². The number of rotatable bonds is 4. The molecule has 3 rings (SSSR count). The van der Waals surface area contributed by atoms with E-state index in [1.54, 1.807) is 0 Å². The predicted molar refractivity (Wildman–Crippen MR) is 89.0 cm³/mol. The van der Waals surface area contributed by atoms with Crippen LogP contribution in [0.1, 0.15) is 25.7 Å². The fraction of sp³-hybridized carbons (Fsp3) is 0.471. The van der Waals surface area contributed by atoms with E-state index < -0.39 is 0 Å². The molecule has 3 atom stereocenters. The van der Waals surface area contributed by atoms with Gasteiger partial charge in [-0.1, -0.05) is 30.7 Å². The molecule has 0 unspecified atom stereocenters. The van der Waals surface area contributed by atoms with Crippen molar-refractivity contribution in [2.75, 3.05) is 11.4 Å². The summed E-state index contributed by atoms with van der Waals surface area (Å²) in [5.74, 6) is 1.77. The molecule has 2 fully saturated rings. The highest BCUT2D eigenvalue weighted by Crippen LogP contribution is 2.44. The lowest BCUT2D eigenvalue weighted by molar-refractivity contribution is 0.390. The Bertz CT molecular complexity index is 485. The van der Waals surface area contributed by atoms with E-state index in [1.165, 1.54) is 25.7 Å². The Morgan fingerprint density at radius 3 is 2.70 bits per heavy atom. The first-order valence-electron chi connectivity index (χ1n) is 7.52. The summed E-state index contributed by atoms with van der Waals surface area (Å²) in [6.07, 6.45) is 7.39. The summed E-state index contributed by atoms with van der Waals surface area (Å²) in [6, 6.07) is 10.9. The smallest absolute Gasteiger partial charge is 0.173 e. The van der Waals surface area contributed by atoms with Crippen LogP contribution in [-0.4, -0.2) is 17.7 Å². The van der Waals surface area contributed by atoms with Crippen LogP contribution < -0.4 is 10.2 Å². The number of benzene rings is 1. The molecule has 0 amide bonds. The van der Waals surface area contributed by atoms with Crippen molar-refractivity contribution in [2.45, 2.75) is 31.7 Å². The second kappa shape index (κ2) is 5.96. The predicted octanol–water partition coefficient (Wildman–Crippen LogP) is 3.74. The van der Waals surface area contributed by atoms with Crippen molar-refractivity contribution in [3.8, 4) is 0 Å². The van der Waals surface area contributed by atoms with Crippen molar-refractivity contribution in [3.63, 3.8) is 0 Å². The topological polar surface area (TPSA) is 15.3 Å². The first-order valence-corrected chi connectivity index (χ1v) is 7.92. The summed E-state index contributed by atoms with van der Waals surface area (Å²) in [4.78, 5) is 2.13. The van der Waals surface area contributed by atoms with Crippen molar-refractivity contribution < 1.29 is 0 Å². The molecule has 0 radical (unpaired) electrons. The highest BCUT2D eigenvalue weighted by Gasteiger charge is 2.40. The summed E-state index contributed by atoms with van der Waals surface area (Å²) in [5.41, 5.74) is 1.13. The van der Waals surface area contributed by atoms with Crippen molar-refractivity contribution in [2.24, 2.45) is 11.8 Å².